The second kappa shape index (κ2) is 8.39. The number of alkyl halides is 6. The third-order valence-electron chi connectivity index (χ3n) is 5.38. The molecule has 1 saturated heterocycles. The van der Waals surface area contributed by atoms with Crippen LogP contribution in [0.5, 0.6) is 0 Å². The monoisotopic (exact) mass is 445 g/mol. The third-order valence-corrected chi connectivity index (χ3v) is 5.38. The van der Waals surface area contributed by atoms with Crippen LogP contribution in [0.15, 0.2) is 30.5 Å². The van der Waals surface area contributed by atoms with Crippen molar-refractivity contribution in [1.82, 2.24) is 4.98 Å². The summed E-state index contributed by atoms with van der Waals surface area (Å²) in [5.74, 6) is -2.32. The van der Waals surface area contributed by atoms with Crippen LogP contribution in [0.1, 0.15) is 39.9 Å². The minimum Gasteiger partial charge on any atom is -0.356 e. The molecule has 4 nitrogen and oxygen atoms in total. The van der Waals surface area contributed by atoms with Crippen LogP contribution in [0.25, 0.3) is 0 Å². The summed E-state index contributed by atoms with van der Waals surface area (Å²) in [7, 11) is 0. The number of carbonyl (C=O) groups excluding carboxylic acids is 1. The predicted molar refractivity (Wildman–Crippen MR) is 104 cm³/mol. The smallest absolute Gasteiger partial charge is 0.356 e. The van der Waals surface area contributed by atoms with E-state index in [2.05, 4.69) is 10.3 Å². The minimum atomic E-state index is -4.72. The highest BCUT2D eigenvalue weighted by atomic mass is 19.4. The summed E-state index contributed by atoms with van der Waals surface area (Å²) in [4.78, 5) is 18.3. The van der Waals surface area contributed by atoms with Crippen LogP contribution in [0, 0.1) is 19.8 Å². The second-order valence-electron chi connectivity index (χ2n) is 7.62. The summed E-state index contributed by atoms with van der Waals surface area (Å²) in [6.07, 6.45) is -8.86. The predicted octanol–water partition coefficient (Wildman–Crippen LogP) is 5.75. The maximum atomic E-state index is 13.4. The first-order valence-electron chi connectivity index (χ1n) is 9.64. The highest BCUT2D eigenvalue weighted by Gasteiger charge is 2.42. The molecule has 0 radical (unpaired) electrons. The number of hydrogen-bond acceptors (Lipinski definition) is 3. The third kappa shape index (κ3) is 5.11. The van der Waals surface area contributed by atoms with Gasteiger partial charge in [-0.3, -0.25) is 4.79 Å². The van der Waals surface area contributed by atoms with Crippen LogP contribution < -0.4 is 10.2 Å². The Labute approximate surface area is 175 Å². The fourth-order valence-electron chi connectivity index (χ4n) is 3.72. The number of benzene rings is 1. The zero-order chi connectivity index (χ0) is 23.0. The molecule has 3 rings (SSSR count). The van der Waals surface area contributed by atoms with Gasteiger partial charge < -0.3 is 10.2 Å². The molecule has 1 amide bonds. The van der Waals surface area contributed by atoms with Crippen molar-refractivity contribution in [2.24, 2.45) is 5.92 Å². The van der Waals surface area contributed by atoms with E-state index in [4.69, 9.17) is 0 Å². The molecule has 2 aromatic rings. The lowest BCUT2D eigenvalue weighted by atomic mass is 9.95. The van der Waals surface area contributed by atoms with E-state index < -0.39 is 29.7 Å². The van der Waals surface area contributed by atoms with E-state index >= 15 is 0 Å². The molecule has 0 unspecified atom stereocenters. The van der Waals surface area contributed by atoms with Crippen molar-refractivity contribution < 1.29 is 31.1 Å². The molecule has 1 aliphatic heterocycles. The molecule has 0 saturated carbocycles. The molecule has 10 heteroatoms. The lowest BCUT2D eigenvalue weighted by molar-refractivity contribution is -0.179. The standard InChI is InChI=1S/C21H21F6N3O/c1-12-4-3-5-15(10-12)29-19(31)17-13(2)16(21(25,26)27)11-28-18(17)30-8-6-14(7-9-30)20(22,23)24/h3-5,10-11,14H,6-9H2,1-2H3,(H,29,31). The SMILES string of the molecule is Cc1cccc(NC(=O)c2c(N3CCC(C(F)(F)F)CC3)ncc(C(F)(F)F)c2C)c1. The topological polar surface area (TPSA) is 45.2 Å². The van der Waals surface area contributed by atoms with Gasteiger partial charge in [0.2, 0.25) is 0 Å². The van der Waals surface area contributed by atoms with E-state index in [9.17, 15) is 31.1 Å². The van der Waals surface area contributed by atoms with E-state index in [1.807, 2.05) is 0 Å². The highest BCUT2D eigenvalue weighted by molar-refractivity contribution is 6.09. The molecule has 1 aromatic heterocycles. The molecule has 1 aromatic carbocycles. The van der Waals surface area contributed by atoms with Crippen LogP contribution >= 0.6 is 0 Å². The number of carbonyl (C=O) groups is 1. The number of piperidine rings is 1. The number of amides is 1. The van der Waals surface area contributed by atoms with Gasteiger partial charge in [-0.05, 0) is 49.9 Å². The minimum absolute atomic E-state index is 0.0451. The summed E-state index contributed by atoms with van der Waals surface area (Å²) in [5, 5.41) is 2.58. The summed E-state index contributed by atoms with van der Waals surface area (Å²) in [5.41, 5.74) is -0.437. The van der Waals surface area contributed by atoms with Gasteiger partial charge in [0, 0.05) is 25.0 Å². The van der Waals surface area contributed by atoms with Gasteiger partial charge in [-0.15, -0.1) is 0 Å². The molecule has 0 bridgehead atoms. The summed E-state index contributed by atoms with van der Waals surface area (Å²) in [6.45, 7) is 2.84. The largest absolute Gasteiger partial charge is 0.418 e. The number of rotatable bonds is 3. The maximum absolute atomic E-state index is 13.4. The van der Waals surface area contributed by atoms with Gasteiger partial charge in [-0.1, -0.05) is 12.1 Å². The number of aryl methyl sites for hydroxylation is 1. The Morgan fingerprint density at radius 3 is 2.29 bits per heavy atom. The van der Waals surface area contributed by atoms with Crippen LogP contribution in [0.4, 0.5) is 37.8 Å². The lowest BCUT2D eigenvalue weighted by Crippen LogP contribution is -2.40. The summed E-state index contributed by atoms with van der Waals surface area (Å²) in [6, 6.07) is 6.73. The molecule has 1 N–H and O–H groups in total. The summed E-state index contributed by atoms with van der Waals surface area (Å²) >= 11 is 0. The van der Waals surface area contributed by atoms with Crippen molar-refractivity contribution in [1.29, 1.82) is 0 Å². The van der Waals surface area contributed by atoms with E-state index in [0.717, 1.165) is 5.56 Å². The maximum Gasteiger partial charge on any atom is 0.418 e. The molecule has 0 atom stereocenters. The summed E-state index contributed by atoms with van der Waals surface area (Å²) < 4.78 is 79.2. The molecular formula is C21H21F6N3O. The molecule has 1 fully saturated rings. The van der Waals surface area contributed by atoms with Crippen molar-refractivity contribution in [3.05, 3.63) is 52.7 Å². The Bertz CT molecular complexity index is 963. The van der Waals surface area contributed by atoms with Crippen molar-refractivity contribution >= 4 is 17.4 Å². The molecular weight excluding hydrogens is 424 g/mol. The average Bonchev–Trinajstić information content (AvgIpc) is 2.66. The molecule has 0 spiro atoms. The van der Waals surface area contributed by atoms with E-state index in [1.54, 1.807) is 31.2 Å². The Kier molecular flexibility index (Phi) is 6.20. The molecule has 168 valence electrons. The van der Waals surface area contributed by atoms with Gasteiger partial charge in [0.25, 0.3) is 5.91 Å². The first kappa shape index (κ1) is 22.9. The number of anilines is 2. The lowest BCUT2D eigenvalue weighted by Gasteiger charge is -2.35. The van der Waals surface area contributed by atoms with Crippen molar-refractivity contribution in [2.45, 2.75) is 39.0 Å². The first-order valence-corrected chi connectivity index (χ1v) is 9.64. The normalized spacial score (nSPS) is 15.8. The Morgan fingerprint density at radius 2 is 1.74 bits per heavy atom. The van der Waals surface area contributed by atoms with Gasteiger partial charge in [-0.2, -0.15) is 26.3 Å². The molecule has 31 heavy (non-hydrogen) atoms. The highest BCUT2D eigenvalue weighted by Crippen LogP contribution is 2.38. The van der Waals surface area contributed by atoms with Gasteiger partial charge in [0.05, 0.1) is 17.0 Å². The molecule has 2 heterocycles. The number of aromatic nitrogens is 1. The van der Waals surface area contributed by atoms with Crippen LogP contribution in [-0.2, 0) is 6.18 Å². The Balaban J connectivity index is 1.98. The van der Waals surface area contributed by atoms with E-state index in [0.29, 0.717) is 11.9 Å². The van der Waals surface area contributed by atoms with Gasteiger partial charge in [0.15, 0.2) is 0 Å². The van der Waals surface area contributed by atoms with E-state index in [-0.39, 0.29) is 42.9 Å². The number of halogens is 6. The van der Waals surface area contributed by atoms with Crippen molar-refractivity contribution in [3.63, 3.8) is 0 Å². The van der Waals surface area contributed by atoms with Crippen LogP contribution in [0.2, 0.25) is 0 Å². The zero-order valence-corrected chi connectivity index (χ0v) is 16.9. The number of hydrogen-bond donors (Lipinski definition) is 1. The van der Waals surface area contributed by atoms with Crippen LogP contribution in [0.3, 0.4) is 0 Å². The quantitative estimate of drug-likeness (QED) is 0.612. The Morgan fingerprint density at radius 1 is 1.10 bits per heavy atom. The van der Waals surface area contributed by atoms with Gasteiger partial charge in [-0.25, -0.2) is 4.98 Å². The number of nitrogens with zero attached hydrogens (tertiary/aromatic N) is 2. The van der Waals surface area contributed by atoms with E-state index in [1.165, 1.54) is 11.8 Å². The van der Waals surface area contributed by atoms with Gasteiger partial charge in [0.1, 0.15) is 5.82 Å². The van der Waals surface area contributed by atoms with Crippen molar-refractivity contribution in [2.75, 3.05) is 23.3 Å². The molecule has 1 aliphatic rings. The fraction of sp³-hybridized carbons (Fsp3) is 0.429. The number of nitrogens with one attached hydrogen (secondary N) is 1. The average molecular weight is 445 g/mol. The van der Waals surface area contributed by atoms with Gasteiger partial charge >= 0.3 is 12.4 Å². The fourth-order valence-corrected chi connectivity index (χ4v) is 3.72. The second-order valence-corrected chi connectivity index (χ2v) is 7.62. The van der Waals surface area contributed by atoms with Crippen molar-refractivity contribution in [3.8, 4) is 0 Å². The first-order chi connectivity index (χ1) is 14.4. The zero-order valence-electron chi connectivity index (χ0n) is 16.9. The Hall–Kier alpha value is -2.78. The number of pyridine rings is 1. The van der Waals surface area contributed by atoms with Crippen LogP contribution in [-0.4, -0.2) is 30.2 Å². The molecule has 0 aliphatic carbocycles.